The van der Waals surface area contributed by atoms with Gasteiger partial charge < -0.3 is 0 Å². The fourth-order valence-corrected chi connectivity index (χ4v) is 3.15. The Morgan fingerprint density at radius 3 is 3.04 bits per heavy atom. The van der Waals surface area contributed by atoms with Gasteiger partial charge in [-0.1, -0.05) is 18.2 Å². The molecule has 6 nitrogen and oxygen atoms in total. The van der Waals surface area contributed by atoms with Crippen LogP contribution in [-0.4, -0.2) is 25.7 Å². The van der Waals surface area contributed by atoms with E-state index in [2.05, 4.69) is 27.1 Å². The first-order valence-corrected chi connectivity index (χ1v) is 8.62. The van der Waals surface area contributed by atoms with E-state index in [0.717, 1.165) is 11.5 Å². The molecule has 1 aromatic carbocycles. The van der Waals surface area contributed by atoms with E-state index in [-0.39, 0.29) is 5.56 Å². The normalized spacial score (nSPS) is 10.6. The van der Waals surface area contributed by atoms with Crippen molar-refractivity contribution < 1.29 is 9.18 Å². The number of carbonyl (C=O) groups excluding carboxylic acids is 1. The maximum absolute atomic E-state index is 13.6. The monoisotopic (exact) mass is 375 g/mol. The lowest BCUT2D eigenvalue weighted by atomic mass is 10.2. The Labute approximate surface area is 152 Å². The number of allylic oxidation sites excluding steroid dienone is 1. The summed E-state index contributed by atoms with van der Waals surface area (Å²) in [6, 6.07) is 5.80. The lowest BCUT2D eigenvalue weighted by Crippen LogP contribution is -2.13. The van der Waals surface area contributed by atoms with Crippen molar-refractivity contribution in [3.63, 3.8) is 0 Å². The van der Waals surface area contributed by atoms with Gasteiger partial charge in [-0.3, -0.25) is 19.8 Å². The highest BCUT2D eigenvalue weighted by molar-refractivity contribution is 7.71. The number of H-pyrrole nitrogens is 1. The number of thiazole rings is 1. The van der Waals surface area contributed by atoms with Crippen molar-refractivity contribution in [2.24, 2.45) is 0 Å². The van der Waals surface area contributed by atoms with Gasteiger partial charge in [0.05, 0.1) is 17.7 Å². The smallest absolute Gasteiger partial charge is 0.260 e. The number of hydrogen-bond acceptors (Lipinski definition) is 5. The van der Waals surface area contributed by atoms with E-state index in [1.807, 2.05) is 9.95 Å². The summed E-state index contributed by atoms with van der Waals surface area (Å²) in [7, 11) is 0. The summed E-state index contributed by atoms with van der Waals surface area (Å²) in [6.07, 6.45) is 2.18. The second-order valence-corrected chi connectivity index (χ2v) is 6.34. The number of aromatic amines is 1. The van der Waals surface area contributed by atoms with Gasteiger partial charge in [0, 0.05) is 11.9 Å². The SMILES string of the molecule is C=CCn1c(Cc2csc(NC(=O)c3ccccc3F)n2)n[nH]c1=S. The standard InChI is InChI=1S/C16H14FN5OS2/c1-2-7-22-13(20-21-16(22)24)8-10-9-25-15(18-10)19-14(23)11-5-3-4-6-12(11)17/h2-6,9H,1,7-8H2,(H,21,24)(H,18,19,23). The van der Waals surface area contributed by atoms with Crippen molar-refractivity contribution in [2.75, 3.05) is 5.32 Å². The van der Waals surface area contributed by atoms with Crippen molar-refractivity contribution in [3.05, 3.63) is 70.0 Å². The first-order valence-electron chi connectivity index (χ1n) is 7.33. The van der Waals surface area contributed by atoms with Crippen LogP contribution in [-0.2, 0) is 13.0 Å². The molecule has 1 amide bonds. The molecule has 25 heavy (non-hydrogen) atoms. The van der Waals surface area contributed by atoms with E-state index in [0.29, 0.717) is 22.9 Å². The quantitative estimate of drug-likeness (QED) is 0.510. The Balaban J connectivity index is 1.73. The van der Waals surface area contributed by atoms with Gasteiger partial charge in [-0.05, 0) is 24.4 Å². The maximum Gasteiger partial charge on any atom is 0.260 e. The van der Waals surface area contributed by atoms with E-state index >= 15 is 0 Å². The van der Waals surface area contributed by atoms with Gasteiger partial charge in [0.25, 0.3) is 5.91 Å². The number of anilines is 1. The van der Waals surface area contributed by atoms with Crippen molar-refractivity contribution >= 4 is 34.6 Å². The molecule has 0 fully saturated rings. The average molecular weight is 375 g/mol. The van der Waals surface area contributed by atoms with Crippen LogP contribution < -0.4 is 5.32 Å². The van der Waals surface area contributed by atoms with Crippen LogP contribution in [0.1, 0.15) is 21.9 Å². The van der Waals surface area contributed by atoms with Crippen LogP contribution in [0.4, 0.5) is 9.52 Å². The largest absolute Gasteiger partial charge is 0.300 e. The molecular formula is C16H14FN5OS2. The third-order valence-electron chi connectivity index (χ3n) is 3.38. The van der Waals surface area contributed by atoms with Crippen molar-refractivity contribution in [2.45, 2.75) is 13.0 Å². The zero-order chi connectivity index (χ0) is 17.8. The molecule has 0 bridgehead atoms. The van der Waals surface area contributed by atoms with Gasteiger partial charge in [0.1, 0.15) is 11.6 Å². The Hall–Kier alpha value is -2.65. The number of nitrogens with one attached hydrogen (secondary N) is 2. The molecule has 0 aliphatic heterocycles. The number of amides is 1. The van der Waals surface area contributed by atoms with E-state index in [1.54, 1.807) is 12.1 Å². The molecule has 128 valence electrons. The molecule has 3 aromatic rings. The molecule has 2 N–H and O–H groups in total. The molecular weight excluding hydrogens is 361 g/mol. The van der Waals surface area contributed by atoms with Crippen LogP contribution in [0.3, 0.4) is 0 Å². The number of benzene rings is 1. The Morgan fingerprint density at radius 1 is 1.48 bits per heavy atom. The maximum atomic E-state index is 13.6. The van der Waals surface area contributed by atoms with Crippen LogP contribution >= 0.6 is 23.6 Å². The Morgan fingerprint density at radius 2 is 2.28 bits per heavy atom. The Bertz CT molecular complexity index is 975. The fraction of sp³-hybridized carbons (Fsp3) is 0.125. The second kappa shape index (κ2) is 7.49. The van der Waals surface area contributed by atoms with Crippen LogP contribution in [0.15, 0.2) is 42.3 Å². The predicted molar refractivity (Wildman–Crippen MR) is 96.9 cm³/mol. The summed E-state index contributed by atoms with van der Waals surface area (Å²) < 4.78 is 16.0. The molecule has 0 spiro atoms. The Kier molecular flexibility index (Phi) is 5.15. The summed E-state index contributed by atoms with van der Waals surface area (Å²) >= 11 is 6.43. The molecule has 0 aliphatic rings. The molecule has 0 aliphatic carbocycles. The zero-order valence-electron chi connectivity index (χ0n) is 13.0. The number of nitrogens with zero attached hydrogens (tertiary/aromatic N) is 3. The summed E-state index contributed by atoms with van der Waals surface area (Å²) in [5.74, 6) is -0.382. The van der Waals surface area contributed by atoms with Gasteiger partial charge in [0.15, 0.2) is 9.90 Å². The van der Waals surface area contributed by atoms with Gasteiger partial charge >= 0.3 is 0 Å². The molecule has 0 unspecified atom stereocenters. The summed E-state index contributed by atoms with van der Waals surface area (Å²) in [4.78, 5) is 16.5. The molecule has 9 heteroatoms. The number of hydrogen-bond donors (Lipinski definition) is 2. The number of carbonyl (C=O) groups is 1. The van der Waals surface area contributed by atoms with Gasteiger partial charge in [-0.2, -0.15) is 5.10 Å². The van der Waals surface area contributed by atoms with Crippen molar-refractivity contribution in [3.8, 4) is 0 Å². The highest BCUT2D eigenvalue weighted by Gasteiger charge is 2.14. The van der Waals surface area contributed by atoms with Gasteiger partial charge in [-0.15, -0.1) is 17.9 Å². The number of halogens is 1. The molecule has 0 saturated carbocycles. The van der Waals surface area contributed by atoms with E-state index in [1.165, 1.54) is 29.5 Å². The summed E-state index contributed by atoms with van der Waals surface area (Å²) in [5.41, 5.74) is 0.708. The molecule has 0 atom stereocenters. The molecule has 0 radical (unpaired) electrons. The third kappa shape index (κ3) is 3.89. The number of aromatic nitrogens is 4. The van der Waals surface area contributed by atoms with E-state index in [9.17, 15) is 9.18 Å². The van der Waals surface area contributed by atoms with E-state index < -0.39 is 11.7 Å². The molecule has 3 rings (SSSR count). The second-order valence-electron chi connectivity index (χ2n) is 5.10. The third-order valence-corrected chi connectivity index (χ3v) is 4.50. The predicted octanol–water partition coefficient (Wildman–Crippen LogP) is 3.57. The minimum Gasteiger partial charge on any atom is -0.300 e. The van der Waals surface area contributed by atoms with Crippen LogP contribution in [0, 0.1) is 10.6 Å². The summed E-state index contributed by atoms with van der Waals surface area (Å²) in [6.45, 7) is 4.24. The first-order chi connectivity index (χ1) is 12.1. The fourth-order valence-electron chi connectivity index (χ4n) is 2.22. The van der Waals surface area contributed by atoms with Crippen LogP contribution in [0.2, 0.25) is 0 Å². The topological polar surface area (TPSA) is 75.6 Å². The highest BCUT2D eigenvalue weighted by Crippen LogP contribution is 2.19. The molecule has 2 aromatic heterocycles. The van der Waals surface area contributed by atoms with Crippen molar-refractivity contribution in [1.29, 1.82) is 0 Å². The molecule has 0 saturated heterocycles. The van der Waals surface area contributed by atoms with E-state index in [4.69, 9.17) is 12.2 Å². The highest BCUT2D eigenvalue weighted by atomic mass is 32.1. The van der Waals surface area contributed by atoms with Crippen molar-refractivity contribution in [1.82, 2.24) is 19.7 Å². The minimum atomic E-state index is -0.572. The number of rotatable bonds is 6. The van der Waals surface area contributed by atoms with Crippen LogP contribution in [0.5, 0.6) is 0 Å². The zero-order valence-corrected chi connectivity index (χ0v) is 14.7. The minimum absolute atomic E-state index is 0.0221. The lowest BCUT2D eigenvalue weighted by molar-refractivity contribution is 0.102. The lowest BCUT2D eigenvalue weighted by Gasteiger charge is -2.03. The van der Waals surface area contributed by atoms with Gasteiger partial charge in [-0.25, -0.2) is 9.37 Å². The molecule has 2 heterocycles. The van der Waals surface area contributed by atoms with Gasteiger partial charge in [0.2, 0.25) is 0 Å². The average Bonchev–Trinajstić information content (AvgIpc) is 3.17. The first kappa shape index (κ1) is 17.2. The summed E-state index contributed by atoms with van der Waals surface area (Å²) in [5, 5.41) is 11.7. The van der Waals surface area contributed by atoms with Crippen LogP contribution in [0.25, 0.3) is 0 Å².